The van der Waals surface area contributed by atoms with Crippen molar-refractivity contribution in [3.8, 4) is 0 Å². The summed E-state index contributed by atoms with van der Waals surface area (Å²) < 4.78 is 0. The highest BCUT2D eigenvalue weighted by Crippen LogP contribution is 2.18. The van der Waals surface area contributed by atoms with E-state index in [9.17, 15) is 9.59 Å². The highest BCUT2D eigenvalue weighted by molar-refractivity contribution is 6.05. The predicted octanol–water partition coefficient (Wildman–Crippen LogP) is 2.36. The van der Waals surface area contributed by atoms with E-state index >= 15 is 0 Å². The Morgan fingerprint density at radius 2 is 1.85 bits per heavy atom. The lowest BCUT2D eigenvalue weighted by Gasteiger charge is -2.11. The van der Waals surface area contributed by atoms with Crippen molar-refractivity contribution < 1.29 is 9.59 Å². The van der Waals surface area contributed by atoms with Gasteiger partial charge >= 0.3 is 0 Å². The van der Waals surface area contributed by atoms with Gasteiger partial charge in [-0.1, -0.05) is 12.1 Å². The van der Waals surface area contributed by atoms with E-state index in [-0.39, 0.29) is 11.8 Å². The second-order valence-electron chi connectivity index (χ2n) is 5.62. The van der Waals surface area contributed by atoms with E-state index in [0.29, 0.717) is 23.4 Å². The van der Waals surface area contributed by atoms with E-state index < -0.39 is 0 Å². The molecule has 2 N–H and O–H groups in total. The Morgan fingerprint density at radius 1 is 0.962 bits per heavy atom. The summed E-state index contributed by atoms with van der Waals surface area (Å²) in [4.78, 5) is 28.8. The topological polar surface area (TPSA) is 96.9 Å². The third-order valence-electron chi connectivity index (χ3n) is 3.75. The van der Waals surface area contributed by atoms with Crippen LogP contribution in [-0.4, -0.2) is 27.0 Å². The van der Waals surface area contributed by atoms with Crippen LogP contribution < -0.4 is 10.6 Å². The molecule has 0 saturated carbocycles. The fourth-order valence-electron chi connectivity index (χ4n) is 2.29. The quantitative estimate of drug-likeness (QED) is 0.738. The first-order chi connectivity index (χ1) is 12.6. The summed E-state index contributed by atoms with van der Waals surface area (Å²) in [5, 5.41) is 12.9. The molecular formula is C19H17N5O2. The fourth-order valence-corrected chi connectivity index (χ4v) is 2.29. The van der Waals surface area contributed by atoms with Crippen molar-refractivity contribution in [2.75, 3.05) is 5.32 Å². The van der Waals surface area contributed by atoms with Crippen LogP contribution >= 0.6 is 0 Å². The molecule has 3 rings (SSSR count). The maximum Gasteiger partial charge on any atom is 0.257 e. The Labute approximate surface area is 150 Å². The second kappa shape index (κ2) is 7.98. The normalized spacial score (nSPS) is 10.2. The molecule has 2 amide bonds. The molecule has 7 heteroatoms. The van der Waals surface area contributed by atoms with E-state index in [0.717, 1.165) is 11.3 Å². The Hall–Kier alpha value is -3.61. The maximum atomic E-state index is 12.4. The van der Waals surface area contributed by atoms with Crippen LogP contribution in [0.15, 0.2) is 61.1 Å². The molecule has 1 aromatic carbocycles. The summed E-state index contributed by atoms with van der Waals surface area (Å²) in [5.74, 6) is -0.550. The zero-order valence-corrected chi connectivity index (χ0v) is 14.1. The van der Waals surface area contributed by atoms with Gasteiger partial charge in [-0.25, -0.2) is 0 Å². The van der Waals surface area contributed by atoms with Crippen LogP contribution in [0.2, 0.25) is 0 Å². The summed E-state index contributed by atoms with van der Waals surface area (Å²) in [6.07, 6.45) is 4.51. The molecule has 0 saturated heterocycles. The van der Waals surface area contributed by atoms with Crippen LogP contribution in [0.3, 0.4) is 0 Å². The van der Waals surface area contributed by atoms with E-state index in [1.54, 1.807) is 30.5 Å². The summed E-state index contributed by atoms with van der Waals surface area (Å²) in [5.41, 5.74) is 3.03. The highest BCUT2D eigenvalue weighted by Gasteiger charge is 2.12. The summed E-state index contributed by atoms with van der Waals surface area (Å²) in [6, 6.07) is 12.2. The number of carbonyl (C=O) groups is 2. The summed E-state index contributed by atoms with van der Waals surface area (Å²) in [7, 11) is 0. The van der Waals surface area contributed by atoms with E-state index in [4.69, 9.17) is 0 Å². The summed E-state index contributed by atoms with van der Waals surface area (Å²) in [6.45, 7) is 2.19. The first kappa shape index (κ1) is 17.2. The van der Waals surface area contributed by atoms with Crippen LogP contribution in [0.25, 0.3) is 0 Å². The number of benzene rings is 1. The average Bonchev–Trinajstić information content (AvgIpc) is 2.69. The number of anilines is 1. The van der Waals surface area contributed by atoms with Crippen LogP contribution in [-0.2, 0) is 6.54 Å². The number of pyridine rings is 1. The monoisotopic (exact) mass is 347 g/mol. The van der Waals surface area contributed by atoms with Gasteiger partial charge in [0, 0.05) is 17.4 Å². The SMILES string of the molecule is Cc1ccc(C(=O)NCc2ccccn2)cc1NC(=O)c1ccnnc1. The number of aryl methyl sites for hydroxylation is 1. The van der Waals surface area contributed by atoms with Gasteiger partial charge in [0.2, 0.25) is 0 Å². The van der Waals surface area contributed by atoms with Gasteiger partial charge in [0.05, 0.1) is 30.2 Å². The van der Waals surface area contributed by atoms with Gasteiger partial charge in [0.25, 0.3) is 11.8 Å². The minimum absolute atomic E-state index is 0.239. The Morgan fingerprint density at radius 3 is 2.58 bits per heavy atom. The van der Waals surface area contributed by atoms with Gasteiger partial charge in [-0.2, -0.15) is 10.2 Å². The number of carbonyl (C=O) groups excluding carboxylic acids is 2. The van der Waals surface area contributed by atoms with E-state index in [2.05, 4.69) is 25.8 Å². The van der Waals surface area contributed by atoms with Gasteiger partial charge < -0.3 is 10.6 Å². The third-order valence-corrected chi connectivity index (χ3v) is 3.75. The molecule has 0 aliphatic heterocycles. The zero-order chi connectivity index (χ0) is 18.4. The molecule has 26 heavy (non-hydrogen) atoms. The lowest BCUT2D eigenvalue weighted by Crippen LogP contribution is -2.23. The number of hydrogen-bond acceptors (Lipinski definition) is 5. The number of nitrogens with one attached hydrogen (secondary N) is 2. The molecule has 0 aliphatic carbocycles. The summed E-state index contributed by atoms with van der Waals surface area (Å²) >= 11 is 0. The number of nitrogens with zero attached hydrogens (tertiary/aromatic N) is 3. The molecule has 0 bridgehead atoms. The smallest absolute Gasteiger partial charge is 0.257 e. The molecule has 2 aromatic heterocycles. The van der Waals surface area contributed by atoms with Crippen molar-refractivity contribution >= 4 is 17.5 Å². The minimum Gasteiger partial charge on any atom is -0.346 e. The molecule has 0 fully saturated rings. The van der Waals surface area contributed by atoms with Crippen molar-refractivity contribution in [3.63, 3.8) is 0 Å². The predicted molar refractivity (Wildman–Crippen MR) is 96.6 cm³/mol. The average molecular weight is 347 g/mol. The van der Waals surface area contributed by atoms with Gasteiger partial charge in [-0.3, -0.25) is 14.6 Å². The number of amides is 2. The Balaban J connectivity index is 1.70. The molecule has 0 spiro atoms. The van der Waals surface area contributed by atoms with Crippen molar-refractivity contribution in [3.05, 3.63) is 83.4 Å². The first-order valence-corrected chi connectivity index (χ1v) is 8.00. The molecule has 0 atom stereocenters. The highest BCUT2D eigenvalue weighted by atomic mass is 16.2. The molecule has 7 nitrogen and oxygen atoms in total. The van der Waals surface area contributed by atoms with Crippen molar-refractivity contribution in [2.45, 2.75) is 13.5 Å². The minimum atomic E-state index is -0.311. The van der Waals surface area contributed by atoms with Crippen LogP contribution in [0.5, 0.6) is 0 Å². The Kier molecular flexibility index (Phi) is 5.28. The lowest BCUT2D eigenvalue weighted by molar-refractivity contribution is 0.0949. The number of aromatic nitrogens is 3. The van der Waals surface area contributed by atoms with Crippen molar-refractivity contribution in [1.82, 2.24) is 20.5 Å². The van der Waals surface area contributed by atoms with Crippen LogP contribution in [0, 0.1) is 6.92 Å². The molecule has 130 valence electrons. The largest absolute Gasteiger partial charge is 0.346 e. The molecular weight excluding hydrogens is 330 g/mol. The van der Waals surface area contributed by atoms with Gasteiger partial charge in [0.1, 0.15) is 0 Å². The number of hydrogen-bond donors (Lipinski definition) is 2. The zero-order valence-electron chi connectivity index (χ0n) is 14.1. The van der Waals surface area contributed by atoms with E-state index in [1.807, 2.05) is 25.1 Å². The lowest BCUT2D eigenvalue weighted by atomic mass is 10.1. The van der Waals surface area contributed by atoms with Gasteiger partial charge in [0.15, 0.2) is 0 Å². The standard InChI is InChI=1S/C19H17N5O2/c1-13-5-6-14(18(25)21-12-16-4-2-3-8-20-16)10-17(13)24-19(26)15-7-9-22-23-11-15/h2-11H,12H2,1H3,(H,21,25)(H,24,26). The van der Waals surface area contributed by atoms with Gasteiger partial charge in [-0.15, -0.1) is 0 Å². The molecule has 0 unspecified atom stereocenters. The van der Waals surface area contributed by atoms with Gasteiger partial charge in [-0.05, 0) is 42.8 Å². The third kappa shape index (κ3) is 4.27. The molecule has 2 heterocycles. The van der Waals surface area contributed by atoms with Crippen LogP contribution in [0.1, 0.15) is 32.0 Å². The molecule has 0 aliphatic rings. The Bertz CT molecular complexity index is 914. The molecule has 3 aromatic rings. The number of rotatable bonds is 5. The van der Waals surface area contributed by atoms with Crippen molar-refractivity contribution in [2.24, 2.45) is 0 Å². The maximum absolute atomic E-state index is 12.4. The van der Waals surface area contributed by atoms with Crippen LogP contribution in [0.4, 0.5) is 5.69 Å². The fraction of sp³-hybridized carbons (Fsp3) is 0.105. The molecule has 0 radical (unpaired) electrons. The second-order valence-corrected chi connectivity index (χ2v) is 5.62. The van der Waals surface area contributed by atoms with E-state index in [1.165, 1.54) is 12.4 Å². The van der Waals surface area contributed by atoms with Crippen molar-refractivity contribution in [1.29, 1.82) is 0 Å². The first-order valence-electron chi connectivity index (χ1n) is 8.00.